The molecule has 2 atom stereocenters. The summed E-state index contributed by atoms with van der Waals surface area (Å²) in [6.45, 7) is 6.57. The Bertz CT molecular complexity index is 315. The molecule has 0 aliphatic heterocycles. The van der Waals surface area contributed by atoms with Crippen LogP contribution < -0.4 is 10.6 Å². The normalized spacial score (nSPS) is 24.2. The monoisotopic (exact) mass is 300 g/mol. The summed E-state index contributed by atoms with van der Waals surface area (Å²) in [5.41, 5.74) is 0.235. The molecule has 0 heterocycles. The van der Waals surface area contributed by atoms with Crippen molar-refractivity contribution >= 4 is 17.7 Å². The van der Waals surface area contributed by atoms with Crippen molar-refractivity contribution in [3.05, 3.63) is 0 Å². The van der Waals surface area contributed by atoms with Crippen LogP contribution in [0.1, 0.15) is 33.1 Å². The molecule has 1 rings (SSSR count). The summed E-state index contributed by atoms with van der Waals surface area (Å²) >= 11 is 1.99. The predicted octanol–water partition coefficient (Wildman–Crippen LogP) is 2.02. The standard InChI is InChI=1S/C15H32N4S/c1-15(2,11-19(4)5)10-17-14(16-3)18-12-7-8-13(9-12)20-6/h12-13H,7-11H2,1-6H3,(H2,16,17,18). The van der Waals surface area contributed by atoms with Gasteiger partial charge in [0.1, 0.15) is 0 Å². The van der Waals surface area contributed by atoms with E-state index in [-0.39, 0.29) is 5.41 Å². The van der Waals surface area contributed by atoms with Crippen molar-refractivity contribution in [2.75, 3.05) is 40.5 Å². The van der Waals surface area contributed by atoms with E-state index in [1.165, 1.54) is 19.3 Å². The molecule has 0 amide bonds. The quantitative estimate of drug-likeness (QED) is 0.581. The van der Waals surface area contributed by atoms with E-state index >= 15 is 0 Å². The molecule has 5 heteroatoms. The average Bonchev–Trinajstić information content (AvgIpc) is 2.80. The zero-order valence-corrected chi connectivity index (χ0v) is 14.8. The van der Waals surface area contributed by atoms with Crippen molar-refractivity contribution in [2.24, 2.45) is 10.4 Å². The molecule has 2 unspecified atom stereocenters. The SMILES string of the molecule is CN=C(NCC(C)(C)CN(C)C)NC1CCC(SC)C1. The number of hydrogen-bond donors (Lipinski definition) is 2. The van der Waals surface area contributed by atoms with Crippen LogP contribution in [0.3, 0.4) is 0 Å². The topological polar surface area (TPSA) is 39.7 Å². The van der Waals surface area contributed by atoms with Crippen LogP contribution in [-0.2, 0) is 0 Å². The number of hydrogen-bond acceptors (Lipinski definition) is 3. The summed E-state index contributed by atoms with van der Waals surface area (Å²) in [5, 5.41) is 7.86. The van der Waals surface area contributed by atoms with Gasteiger partial charge in [0, 0.05) is 31.4 Å². The first-order chi connectivity index (χ1) is 9.36. The molecule has 2 N–H and O–H groups in total. The molecule has 0 bridgehead atoms. The van der Waals surface area contributed by atoms with Crippen LogP contribution >= 0.6 is 11.8 Å². The first kappa shape index (κ1) is 17.6. The van der Waals surface area contributed by atoms with Gasteiger partial charge in [0.15, 0.2) is 5.96 Å². The summed E-state index contributed by atoms with van der Waals surface area (Å²) in [5.74, 6) is 0.948. The Balaban J connectivity index is 2.37. The molecular formula is C15H32N4S. The lowest BCUT2D eigenvalue weighted by molar-refractivity contribution is 0.241. The summed E-state index contributed by atoms with van der Waals surface area (Å²) in [7, 11) is 6.10. The minimum atomic E-state index is 0.235. The molecule has 118 valence electrons. The summed E-state index contributed by atoms with van der Waals surface area (Å²) in [6, 6.07) is 0.579. The minimum Gasteiger partial charge on any atom is -0.356 e. The highest BCUT2D eigenvalue weighted by Gasteiger charge is 2.25. The molecule has 0 aromatic carbocycles. The Labute approximate surface area is 129 Å². The zero-order valence-electron chi connectivity index (χ0n) is 14.0. The molecular weight excluding hydrogens is 268 g/mol. The maximum atomic E-state index is 4.36. The fourth-order valence-electron chi connectivity index (χ4n) is 2.91. The maximum absolute atomic E-state index is 4.36. The van der Waals surface area contributed by atoms with Gasteiger partial charge in [-0.3, -0.25) is 4.99 Å². The van der Waals surface area contributed by atoms with Gasteiger partial charge in [-0.2, -0.15) is 11.8 Å². The highest BCUT2D eigenvalue weighted by molar-refractivity contribution is 7.99. The van der Waals surface area contributed by atoms with Crippen molar-refractivity contribution in [2.45, 2.75) is 44.4 Å². The molecule has 1 aliphatic rings. The van der Waals surface area contributed by atoms with E-state index in [9.17, 15) is 0 Å². The summed E-state index contributed by atoms with van der Waals surface area (Å²) in [4.78, 5) is 6.59. The number of guanidine groups is 1. The largest absolute Gasteiger partial charge is 0.356 e. The Kier molecular flexibility index (Phi) is 7.17. The van der Waals surface area contributed by atoms with Crippen LogP contribution in [0.2, 0.25) is 0 Å². The Morgan fingerprint density at radius 2 is 2.05 bits per heavy atom. The van der Waals surface area contributed by atoms with Crippen LogP contribution in [0.25, 0.3) is 0 Å². The van der Waals surface area contributed by atoms with Crippen molar-refractivity contribution in [1.29, 1.82) is 0 Å². The third-order valence-corrected chi connectivity index (χ3v) is 4.86. The van der Waals surface area contributed by atoms with E-state index in [0.29, 0.717) is 6.04 Å². The fourth-order valence-corrected chi connectivity index (χ4v) is 3.70. The van der Waals surface area contributed by atoms with Crippen LogP contribution in [0.15, 0.2) is 4.99 Å². The first-order valence-electron chi connectivity index (χ1n) is 7.51. The number of aliphatic imine (C=N–C) groups is 1. The lowest BCUT2D eigenvalue weighted by Gasteiger charge is -2.29. The van der Waals surface area contributed by atoms with Crippen molar-refractivity contribution in [1.82, 2.24) is 15.5 Å². The van der Waals surface area contributed by atoms with Gasteiger partial charge in [-0.25, -0.2) is 0 Å². The molecule has 1 fully saturated rings. The number of nitrogens with zero attached hydrogens (tertiary/aromatic N) is 2. The second-order valence-corrected chi connectivity index (χ2v) is 7.98. The number of rotatable bonds is 6. The highest BCUT2D eigenvalue weighted by atomic mass is 32.2. The third kappa shape index (κ3) is 6.35. The van der Waals surface area contributed by atoms with E-state index in [0.717, 1.165) is 24.3 Å². The summed E-state index contributed by atoms with van der Waals surface area (Å²) in [6.07, 6.45) is 6.04. The Hall–Kier alpha value is -0.420. The molecule has 0 spiro atoms. The second-order valence-electron chi connectivity index (χ2n) is 6.84. The third-order valence-electron chi connectivity index (χ3n) is 3.76. The molecule has 20 heavy (non-hydrogen) atoms. The van der Waals surface area contributed by atoms with E-state index in [1.807, 2.05) is 18.8 Å². The van der Waals surface area contributed by atoms with Gasteiger partial charge in [0.05, 0.1) is 0 Å². The molecule has 1 aliphatic carbocycles. The zero-order chi connectivity index (χ0) is 15.2. The van der Waals surface area contributed by atoms with Gasteiger partial charge in [-0.05, 0) is 45.0 Å². The van der Waals surface area contributed by atoms with Crippen LogP contribution in [0.4, 0.5) is 0 Å². The maximum Gasteiger partial charge on any atom is 0.191 e. The smallest absolute Gasteiger partial charge is 0.191 e. The van der Waals surface area contributed by atoms with Crippen LogP contribution in [0, 0.1) is 5.41 Å². The van der Waals surface area contributed by atoms with Gasteiger partial charge in [0.2, 0.25) is 0 Å². The van der Waals surface area contributed by atoms with E-state index in [1.54, 1.807) is 0 Å². The van der Waals surface area contributed by atoms with E-state index in [4.69, 9.17) is 0 Å². The van der Waals surface area contributed by atoms with Crippen LogP contribution in [0.5, 0.6) is 0 Å². The molecule has 4 nitrogen and oxygen atoms in total. The van der Waals surface area contributed by atoms with Crippen molar-refractivity contribution in [3.63, 3.8) is 0 Å². The average molecular weight is 301 g/mol. The first-order valence-corrected chi connectivity index (χ1v) is 8.80. The Morgan fingerprint density at radius 3 is 2.55 bits per heavy atom. The lowest BCUT2D eigenvalue weighted by atomic mass is 9.93. The van der Waals surface area contributed by atoms with Crippen LogP contribution in [-0.4, -0.2) is 62.6 Å². The molecule has 0 aromatic heterocycles. The van der Waals surface area contributed by atoms with Gasteiger partial charge < -0.3 is 15.5 Å². The van der Waals surface area contributed by atoms with E-state index in [2.05, 4.69) is 54.7 Å². The van der Waals surface area contributed by atoms with Crippen molar-refractivity contribution < 1.29 is 0 Å². The molecule has 0 saturated heterocycles. The lowest BCUT2D eigenvalue weighted by Crippen LogP contribution is -2.47. The molecule has 0 aromatic rings. The van der Waals surface area contributed by atoms with E-state index < -0.39 is 0 Å². The van der Waals surface area contributed by atoms with Gasteiger partial charge in [-0.15, -0.1) is 0 Å². The van der Waals surface area contributed by atoms with Gasteiger partial charge in [-0.1, -0.05) is 13.8 Å². The second kappa shape index (κ2) is 8.13. The fraction of sp³-hybridized carbons (Fsp3) is 0.933. The Morgan fingerprint density at radius 1 is 1.35 bits per heavy atom. The molecule has 0 radical (unpaired) electrons. The minimum absolute atomic E-state index is 0.235. The predicted molar refractivity (Wildman–Crippen MR) is 91.8 cm³/mol. The van der Waals surface area contributed by atoms with Crippen molar-refractivity contribution in [3.8, 4) is 0 Å². The summed E-state index contributed by atoms with van der Waals surface area (Å²) < 4.78 is 0. The molecule has 1 saturated carbocycles. The number of thioether (sulfide) groups is 1. The highest BCUT2D eigenvalue weighted by Crippen LogP contribution is 2.28. The van der Waals surface area contributed by atoms with Gasteiger partial charge >= 0.3 is 0 Å². The van der Waals surface area contributed by atoms with Gasteiger partial charge in [0.25, 0.3) is 0 Å². The number of nitrogens with one attached hydrogen (secondary N) is 2.